The molecule has 1 heterocycles. The number of benzene rings is 1. The molecule has 1 N–H and O–H groups in total. The van der Waals surface area contributed by atoms with Gasteiger partial charge in [-0.25, -0.2) is 4.39 Å². The molecule has 2 nitrogen and oxygen atoms in total. The number of nitrogens with one attached hydrogen (secondary N) is 1. The molecule has 0 amide bonds. The maximum Gasteiger partial charge on any atom is 0.142 e. The second-order valence-corrected chi connectivity index (χ2v) is 4.58. The summed E-state index contributed by atoms with van der Waals surface area (Å²) in [4.78, 5) is 0. The zero-order valence-corrected chi connectivity index (χ0v) is 11.1. The van der Waals surface area contributed by atoms with Crippen LogP contribution in [0.15, 0.2) is 34.7 Å². The Hall–Kier alpha value is -1.32. The number of hydrogen-bond donors (Lipinski definition) is 1. The van der Waals surface area contributed by atoms with E-state index in [0.717, 1.165) is 17.1 Å². The van der Waals surface area contributed by atoms with Crippen LogP contribution in [0.2, 0.25) is 5.02 Å². The van der Waals surface area contributed by atoms with Gasteiger partial charge in [0, 0.05) is 0 Å². The molecule has 1 unspecified atom stereocenters. The molecule has 0 fully saturated rings. The molecule has 0 aliphatic heterocycles. The Morgan fingerprint density at radius 2 is 2.11 bits per heavy atom. The standard InChI is InChI=1S/C14H15ClFNO/c1-9-6-7-13(18-9)12(17-2)8-10-4-3-5-11(16)14(10)15/h3-7,12,17H,8H2,1-2H3. The summed E-state index contributed by atoms with van der Waals surface area (Å²) in [5, 5.41) is 3.33. The fourth-order valence-corrected chi connectivity index (χ4v) is 2.11. The van der Waals surface area contributed by atoms with Gasteiger partial charge in [-0.1, -0.05) is 23.7 Å². The molecule has 0 saturated heterocycles. The summed E-state index contributed by atoms with van der Waals surface area (Å²) in [5.41, 5.74) is 0.769. The van der Waals surface area contributed by atoms with Crippen molar-refractivity contribution in [1.82, 2.24) is 5.32 Å². The molecule has 0 aliphatic rings. The Kier molecular flexibility index (Phi) is 4.04. The highest BCUT2D eigenvalue weighted by Gasteiger charge is 2.16. The quantitative estimate of drug-likeness (QED) is 0.909. The molecular formula is C14H15ClFNO. The van der Waals surface area contributed by atoms with Crippen molar-refractivity contribution in [2.24, 2.45) is 0 Å². The summed E-state index contributed by atoms with van der Waals surface area (Å²) in [5.74, 6) is 1.30. The second kappa shape index (κ2) is 5.55. The molecule has 0 radical (unpaired) electrons. The highest BCUT2D eigenvalue weighted by Crippen LogP contribution is 2.26. The molecular weight excluding hydrogens is 253 g/mol. The second-order valence-electron chi connectivity index (χ2n) is 4.21. The lowest BCUT2D eigenvalue weighted by Crippen LogP contribution is -2.18. The summed E-state index contributed by atoms with van der Waals surface area (Å²) in [6.07, 6.45) is 0.583. The number of aryl methyl sites for hydroxylation is 1. The first kappa shape index (κ1) is 13.1. The molecule has 1 atom stereocenters. The third-order valence-corrected chi connectivity index (χ3v) is 3.33. The van der Waals surface area contributed by atoms with Crippen LogP contribution >= 0.6 is 11.6 Å². The van der Waals surface area contributed by atoms with E-state index in [2.05, 4.69) is 5.32 Å². The monoisotopic (exact) mass is 267 g/mol. The van der Waals surface area contributed by atoms with Gasteiger partial charge in [0.25, 0.3) is 0 Å². The first-order valence-corrected chi connectivity index (χ1v) is 6.16. The maximum absolute atomic E-state index is 13.4. The normalized spacial score (nSPS) is 12.7. The summed E-state index contributed by atoms with van der Waals surface area (Å²) >= 11 is 5.95. The largest absolute Gasteiger partial charge is 0.465 e. The van der Waals surface area contributed by atoms with Gasteiger partial charge in [-0.2, -0.15) is 0 Å². The first-order chi connectivity index (χ1) is 8.61. The van der Waals surface area contributed by atoms with Crippen molar-refractivity contribution in [1.29, 1.82) is 0 Å². The fraction of sp³-hybridized carbons (Fsp3) is 0.286. The Bertz CT molecular complexity index is 538. The van der Waals surface area contributed by atoms with Gasteiger partial charge in [-0.05, 0) is 44.2 Å². The van der Waals surface area contributed by atoms with Crippen molar-refractivity contribution < 1.29 is 8.81 Å². The third-order valence-electron chi connectivity index (χ3n) is 2.91. The molecule has 18 heavy (non-hydrogen) atoms. The molecule has 0 saturated carbocycles. The van der Waals surface area contributed by atoms with Crippen LogP contribution in [0, 0.1) is 12.7 Å². The molecule has 1 aromatic carbocycles. The van der Waals surface area contributed by atoms with E-state index < -0.39 is 0 Å². The van der Waals surface area contributed by atoms with Crippen LogP contribution in [0.25, 0.3) is 0 Å². The van der Waals surface area contributed by atoms with E-state index in [0.29, 0.717) is 6.42 Å². The van der Waals surface area contributed by atoms with Gasteiger partial charge in [-0.3, -0.25) is 0 Å². The zero-order chi connectivity index (χ0) is 13.1. The highest BCUT2D eigenvalue weighted by molar-refractivity contribution is 6.31. The van der Waals surface area contributed by atoms with Crippen LogP contribution in [0.3, 0.4) is 0 Å². The Labute approximate surface area is 111 Å². The van der Waals surface area contributed by atoms with Crippen molar-refractivity contribution in [3.8, 4) is 0 Å². The number of rotatable bonds is 4. The third kappa shape index (κ3) is 2.74. The number of furan rings is 1. The van der Waals surface area contributed by atoms with Crippen LogP contribution in [-0.4, -0.2) is 7.05 Å². The predicted octanol–water partition coefficient (Wildman–Crippen LogP) is 3.88. The van der Waals surface area contributed by atoms with Crippen molar-refractivity contribution in [3.63, 3.8) is 0 Å². The molecule has 4 heteroatoms. The van der Waals surface area contributed by atoms with E-state index in [4.69, 9.17) is 16.0 Å². The van der Waals surface area contributed by atoms with Crippen molar-refractivity contribution >= 4 is 11.6 Å². The summed E-state index contributed by atoms with van der Waals surface area (Å²) in [6.45, 7) is 1.89. The average molecular weight is 268 g/mol. The van der Waals surface area contributed by atoms with Crippen LogP contribution < -0.4 is 5.32 Å². The van der Waals surface area contributed by atoms with Crippen LogP contribution in [0.1, 0.15) is 23.1 Å². The van der Waals surface area contributed by atoms with Gasteiger partial charge < -0.3 is 9.73 Å². The predicted molar refractivity (Wildman–Crippen MR) is 70.4 cm³/mol. The SMILES string of the molecule is CNC(Cc1cccc(F)c1Cl)c1ccc(C)o1. The number of halogens is 2. The highest BCUT2D eigenvalue weighted by atomic mass is 35.5. The molecule has 1 aromatic heterocycles. The molecule has 96 valence electrons. The lowest BCUT2D eigenvalue weighted by Gasteiger charge is -2.14. The molecule has 0 spiro atoms. The van der Waals surface area contributed by atoms with Crippen LogP contribution in [-0.2, 0) is 6.42 Å². The van der Waals surface area contributed by atoms with Crippen LogP contribution in [0.5, 0.6) is 0 Å². The van der Waals surface area contributed by atoms with E-state index in [-0.39, 0.29) is 16.9 Å². The van der Waals surface area contributed by atoms with E-state index in [1.165, 1.54) is 6.07 Å². The minimum absolute atomic E-state index is 0.0157. The number of hydrogen-bond acceptors (Lipinski definition) is 2. The van der Waals surface area contributed by atoms with Crippen LogP contribution in [0.4, 0.5) is 4.39 Å². The zero-order valence-electron chi connectivity index (χ0n) is 10.3. The smallest absolute Gasteiger partial charge is 0.142 e. The summed E-state index contributed by atoms with van der Waals surface area (Å²) in [6, 6.07) is 8.66. The number of likely N-dealkylation sites (N-methyl/N-ethyl adjacent to an activating group) is 1. The molecule has 0 aliphatic carbocycles. The van der Waals surface area contributed by atoms with E-state index in [9.17, 15) is 4.39 Å². The molecule has 2 rings (SSSR count). The van der Waals surface area contributed by atoms with Gasteiger partial charge in [-0.15, -0.1) is 0 Å². The van der Waals surface area contributed by atoms with E-state index in [1.54, 1.807) is 6.07 Å². The minimum atomic E-state index is -0.389. The first-order valence-electron chi connectivity index (χ1n) is 5.78. The molecule has 2 aromatic rings. The van der Waals surface area contributed by atoms with Gasteiger partial charge in [0.15, 0.2) is 0 Å². The van der Waals surface area contributed by atoms with Gasteiger partial charge in [0.1, 0.15) is 17.3 Å². The maximum atomic E-state index is 13.4. The van der Waals surface area contributed by atoms with Gasteiger partial charge >= 0.3 is 0 Å². The minimum Gasteiger partial charge on any atom is -0.465 e. The molecule has 0 bridgehead atoms. The Balaban J connectivity index is 2.23. The summed E-state index contributed by atoms with van der Waals surface area (Å²) < 4.78 is 18.9. The van der Waals surface area contributed by atoms with Crippen molar-refractivity contribution in [2.45, 2.75) is 19.4 Å². The topological polar surface area (TPSA) is 25.2 Å². The average Bonchev–Trinajstić information content (AvgIpc) is 2.78. The fourth-order valence-electron chi connectivity index (χ4n) is 1.91. The van der Waals surface area contributed by atoms with E-state index in [1.807, 2.05) is 32.2 Å². The summed E-state index contributed by atoms with van der Waals surface area (Å²) in [7, 11) is 1.84. The van der Waals surface area contributed by atoms with E-state index >= 15 is 0 Å². The van der Waals surface area contributed by atoms with Crippen molar-refractivity contribution in [2.75, 3.05) is 7.05 Å². The Morgan fingerprint density at radius 1 is 1.33 bits per heavy atom. The lowest BCUT2D eigenvalue weighted by molar-refractivity contribution is 0.414. The Morgan fingerprint density at radius 3 is 2.72 bits per heavy atom. The van der Waals surface area contributed by atoms with Crippen molar-refractivity contribution in [3.05, 3.63) is 58.3 Å². The van der Waals surface area contributed by atoms with Gasteiger partial charge in [0.2, 0.25) is 0 Å². The van der Waals surface area contributed by atoms with Gasteiger partial charge in [0.05, 0.1) is 11.1 Å². The lowest BCUT2D eigenvalue weighted by atomic mass is 10.0.